The van der Waals surface area contributed by atoms with Gasteiger partial charge in [0.1, 0.15) is 0 Å². The molecule has 0 spiro atoms. The quantitative estimate of drug-likeness (QED) is 0.677. The van der Waals surface area contributed by atoms with Crippen LogP contribution in [0.1, 0.15) is 18.9 Å². The average Bonchev–Trinajstić information content (AvgIpc) is 2.19. The molecule has 1 heterocycles. The van der Waals surface area contributed by atoms with Crippen molar-refractivity contribution in [2.24, 2.45) is 0 Å². The molecule has 1 fully saturated rings. The van der Waals surface area contributed by atoms with Crippen molar-refractivity contribution in [3.63, 3.8) is 0 Å². The molecule has 0 aliphatic carbocycles. The first kappa shape index (κ1) is 8.30. The minimum absolute atomic E-state index is 0.168. The van der Waals surface area contributed by atoms with Crippen molar-refractivity contribution in [1.82, 2.24) is 5.32 Å². The van der Waals surface area contributed by atoms with Gasteiger partial charge in [0.25, 0.3) is 0 Å². The molecular formula is C11H13NO. The van der Waals surface area contributed by atoms with Gasteiger partial charge in [0, 0.05) is 6.54 Å². The lowest BCUT2D eigenvalue weighted by Gasteiger charge is -2.40. The Morgan fingerprint density at radius 3 is 2.46 bits per heavy atom. The van der Waals surface area contributed by atoms with Crippen molar-refractivity contribution in [1.29, 1.82) is 0 Å². The zero-order valence-corrected chi connectivity index (χ0v) is 7.71. The fourth-order valence-corrected chi connectivity index (χ4v) is 1.85. The van der Waals surface area contributed by atoms with E-state index in [9.17, 15) is 4.79 Å². The van der Waals surface area contributed by atoms with Gasteiger partial charge in [-0.05, 0) is 12.0 Å². The standard InChI is InChI=1S/C11H13NO/c1-2-11(8-12-10(11)13)9-6-4-3-5-7-9/h3-7H,2,8H2,1H3,(H,12,13)/t11-/m0/s1. The first-order valence-corrected chi connectivity index (χ1v) is 4.63. The van der Waals surface area contributed by atoms with Gasteiger partial charge >= 0.3 is 0 Å². The first-order chi connectivity index (χ1) is 6.29. The number of hydrogen-bond donors (Lipinski definition) is 1. The third kappa shape index (κ3) is 1.05. The molecule has 0 unspecified atom stereocenters. The van der Waals surface area contributed by atoms with E-state index in [1.54, 1.807) is 0 Å². The first-order valence-electron chi connectivity index (χ1n) is 4.63. The van der Waals surface area contributed by atoms with Crippen molar-refractivity contribution in [3.05, 3.63) is 35.9 Å². The van der Waals surface area contributed by atoms with Gasteiger partial charge in [-0.15, -0.1) is 0 Å². The lowest BCUT2D eigenvalue weighted by molar-refractivity contribution is -0.133. The van der Waals surface area contributed by atoms with E-state index in [1.807, 2.05) is 30.3 Å². The molecule has 0 bridgehead atoms. The van der Waals surface area contributed by atoms with Crippen LogP contribution in [0.2, 0.25) is 0 Å². The highest BCUT2D eigenvalue weighted by molar-refractivity contribution is 5.94. The van der Waals surface area contributed by atoms with Gasteiger partial charge in [-0.1, -0.05) is 37.3 Å². The fourth-order valence-electron chi connectivity index (χ4n) is 1.85. The third-order valence-electron chi connectivity index (χ3n) is 2.92. The van der Waals surface area contributed by atoms with Crippen LogP contribution >= 0.6 is 0 Å². The number of hydrogen-bond acceptors (Lipinski definition) is 1. The van der Waals surface area contributed by atoms with Gasteiger partial charge in [-0.3, -0.25) is 4.79 Å². The summed E-state index contributed by atoms with van der Waals surface area (Å²) in [6, 6.07) is 10.0. The molecule has 1 saturated heterocycles. The number of nitrogens with one attached hydrogen (secondary N) is 1. The van der Waals surface area contributed by atoms with Crippen LogP contribution in [-0.2, 0) is 10.2 Å². The van der Waals surface area contributed by atoms with Gasteiger partial charge in [0.15, 0.2) is 0 Å². The van der Waals surface area contributed by atoms with Crippen LogP contribution in [0.4, 0.5) is 0 Å². The highest BCUT2D eigenvalue weighted by atomic mass is 16.2. The van der Waals surface area contributed by atoms with E-state index in [2.05, 4.69) is 12.2 Å². The maximum absolute atomic E-state index is 11.5. The summed E-state index contributed by atoms with van der Waals surface area (Å²) in [5.41, 5.74) is 0.905. The van der Waals surface area contributed by atoms with Crippen LogP contribution in [0, 0.1) is 0 Å². The van der Waals surface area contributed by atoms with Crippen molar-refractivity contribution < 1.29 is 4.79 Å². The van der Waals surface area contributed by atoms with Crippen LogP contribution in [0.5, 0.6) is 0 Å². The Kier molecular flexibility index (Phi) is 1.83. The second-order valence-electron chi connectivity index (χ2n) is 3.48. The highest BCUT2D eigenvalue weighted by Gasteiger charge is 2.45. The summed E-state index contributed by atoms with van der Waals surface area (Å²) in [6.45, 7) is 2.85. The second kappa shape index (κ2) is 2.87. The van der Waals surface area contributed by atoms with E-state index in [0.717, 1.165) is 18.5 Å². The van der Waals surface area contributed by atoms with Crippen LogP contribution in [0.3, 0.4) is 0 Å². The smallest absolute Gasteiger partial charge is 0.232 e. The molecule has 0 aromatic heterocycles. The minimum Gasteiger partial charge on any atom is -0.354 e. The zero-order chi connectivity index (χ0) is 9.31. The maximum atomic E-state index is 11.5. The summed E-state index contributed by atoms with van der Waals surface area (Å²) in [7, 11) is 0. The normalized spacial score (nSPS) is 26.4. The summed E-state index contributed by atoms with van der Waals surface area (Å²) < 4.78 is 0. The van der Waals surface area contributed by atoms with E-state index in [1.165, 1.54) is 0 Å². The van der Waals surface area contributed by atoms with Gasteiger partial charge < -0.3 is 5.32 Å². The number of carbonyl (C=O) groups is 1. The molecule has 2 heteroatoms. The Labute approximate surface area is 78.0 Å². The second-order valence-corrected chi connectivity index (χ2v) is 3.48. The summed E-state index contributed by atoms with van der Waals surface area (Å²) in [5, 5.41) is 2.81. The van der Waals surface area contributed by atoms with E-state index in [0.29, 0.717) is 0 Å². The Hall–Kier alpha value is -1.31. The molecule has 1 amide bonds. The Morgan fingerprint density at radius 1 is 1.38 bits per heavy atom. The minimum atomic E-state index is -0.235. The monoisotopic (exact) mass is 175 g/mol. The summed E-state index contributed by atoms with van der Waals surface area (Å²) >= 11 is 0. The van der Waals surface area contributed by atoms with Crippen molar-refractivity contribution in [3.8, 4) is 0 Å². The fraction of sp³-hybridized carbons (Fsp3) is 0.364. The Morgan fingerprint density at radius 2 is 2.08 bits per heavy atom. The molecule has 1 aliphatic heterocycles. The van der Waals surface area contributed by atoms with Gasteiger partial charge in [-0.2, -0.15) is 0 Å². The lowest BCUT2D eigenvalue weighted by Crippen LogP contribution is -2.61. The molecule has 2 rings (SSSR count). The van der Waals surface area contributed by atoms with E-state index >= 15 is 0 Å². The van der Waals surface area contributed by atoms with E-state index < -0.39 is 0 Å². The predicted molar refractivity (Wildman–Crippen MR) is 51.4 cm³/mol. The molecule has 1 atom stereocenters. The zero-order valence-electron chi connectivity index (χ0n) is 7.71. The summed E-state index contributed by atoms with van der Waals surface area (Å²) in [5.74, 6) is 0.168. The predicted octanol–water partition coefficient (Wildman–Crippen LogP) is 1.46. The van der Waals surface area contributed by atoms with E-state index in [-0.39, 0.29) is 11.3 Å². The maximum Gasteiger partial charge on any atom is 0.232 e. The highest BCUT2D eigenvalue weighted by Crippen LogP contribution is 2.32. The van der Waals surface area contributed by atoms with Gasteiger partial charge in [0.05, 0.1) is 5.41 Å². The molecule has 1 aromatic carbocycles. The number of amides is 1. The van der Waals surface area contributed by atoms with Gasteiger partial charge in [-0.25, -0.2) is 0 Å². The van der Waals surface area contributed by atoms with Crippen molar-refractivity contribution in [2.45, 2.75) is 18.8 Å². The molecular weight excluding hydrogens is 162 g/mol. The number of carbonyl (C=O) groups excluding carboxylic acids is 1. The number of benzene rings is 1. The van der Waals surface area contributed by atoms with Crippen LogP contribution < -0.4 is 5.32 Å². The Bertz CT molecular complexity index is 316. The van der Waals surface area contributed by atoms with Crippen molar-refractivity contribution >= 4 is 5.91 Å². The van der Waals surface area contributed by atoms with Crippen molar-refractivity contribution in [2.75, 3.05) is 6.54 Å². The number of rotatable bonds is 2. The average molecular weight is 175 g/mol. The Balaban J connectivity index is 2.38. The molecule has 2 nitrogen and oxygen atoms in total. The largest absolute Gasteiger partial charge is 0.354 e. The molecule has 0 radical (unpaired) electrons. The number of β-lactam (4-membered cyclic amide) rings is 1. The van der Waals surface area contributed by atoms with Gasteiger partial charge in [0.2, 0.25) is 5.91 Å². The molecule has 68 valence electrons. The molecule has 1 aromatic rings. The molecule has 13 heavy (non-hydrogen) atoms. The molecule has 1 aliphatic rings. The summed E-state index contributed by atoms with van der Waals surface area (Å²) in [6.07, 6.45) is 0.878. The third-order valence-corrected chi connectivity index (χ3v) is 2.92. The van der Waals surface area contributed by atoms with Crippen LogP contribution in [0.15, 0.2) is 30.3 Å². The molecule has 1 N–H and O–H groups in total. The SMILES string of the molecule is CC[C@@]1(c2ccccc2)CNC1=O. The van der Waals surface area contributed by atoms with E-state index in [4.69, 9.17) is 0 Å². The topological polar surface area (TPSA) is 29.1 Å². The molecule has 0 saturated carbocycles. The van der Waals surface area contributed by atoms with Crippen LogP contribution in [0.25, 0.3) is 0 Å². The lowest BCUT2D eigenvalue weighted by atomic mass is 9.72. The summed E-state index contributed by atoms with van der Waals surface area (Å²) in [4.78, 5) is 11.5. The van der Waals surface area contributed by atoms with Crippen LogP contribution in [-0.4, -0.2) is 12.5 Å².